The number of hydrogen-bond acceptors (Lipinski definition) is 7. The Kier molecular flexibility index (Phi) is 4.99. The molecule has 0 fully saturated rings. The molecule has 0 aliphatic heterocycles. The van der Waals surface area contributed by atoms with Crippen LogP contribution in [0.15, 0.2) is 53.7 Å². The summed E-state index contributed by atoms with van der Waals surface area (Å²) in [7, 11) is 0. The van der Waals surface area contributed by atoms with Crippen LogP contribution in [0.3, 0.4) is 0 Å². The zero-order chi connectivity index (χ0) is 17.9. The average Bonchev–Trinajstić information content (AvgIpc) is 3.07. The minimum Gasteiger partial charge on any atom is -0.264 e. The number of benzene rings is 1. The van der Waals surface area contributed by atoms with Gasteiger partial charge in [-0.25, -0.2) is 9.67 Å². The van der Waals surface area contributed by atoms with Gasteiger partial charge in [-0.2, -0.15) is 19.1 Å². The van der Waals surface area contributed by atoms with Crippen molar-refractivity contribution in [1.29, 1.82) is 0 Å². The Labute approximate surface area is 143 Å². The molecule has 2 aromatic heterocycles. The van der Waals surface area contributed by atoms with Gasteiger partial charge in [-0.3, -0.25) is 4.98 Å². The highest BCUT2D eigenvalue weighted by Crippen LogP contribution is 2.30. The van der Waals surface area contributed by atoms with Crippen LogP contribution in [0, 0.1) is 0 Å². The maximum absolute atomic E-state index is 13.0. The van der Waals surface area contributed by atoms with E-state index in [1.165, 1.54) is 12.4 Å². The number of nitrogens with zero attached hydrogens (tertiary/aromatic N) is 4. The Balaban J connectivity index is 2.03. The summed E-state index contributed by atoms with van der Waals surface area (Å²) in [6.07, 6.45) is -1.73. The average molecular weight is 369 g/mol. The van der Waals surface area contributed by atoms with Gasteiger partial charge in [-0.1, -0.05) is 0 Å². The van der Waals surface area contributed by atoms with Gasteiger partial charge >= 0.3 is 6.18 Å². The number of hydrogen-bond donors (Lipinski definition) is 1. The van der Waals surface area contributed by atoms with Crippen LogP contribution in [0.25, 0.3) is 17.1 Å². The summed E-state index contributed by atoms with van der Waals surface area (Å²) in [5.74, 6) is 3.55. The zero-order valence-electron chi connectivity index (χ0n) is 12.3. The van der Waals surface area contributed by atoms with Gasteiger partial charge in [0.1, 0.15) is 0 Å². The van der Waals surface area contributed by atoms with E-state index >= 15 is 0 Å². The molecule has 3 aromatic rings. The van der Waals surface area contributed by atoms with Crippen molar-refractivity contribution in [2.24, 2.45) is 5.90 Å². The molecule has 0 aliphatic rings. The topological polar surface area (TPSA) is 88.1 Å². The normalized spacial score (nSPS) is 11.7. The Morgan fingerprint density at radius 2 is 1.88 bits per heavy atom. The van der Waals surface area contributed by atoms with E-state index in [9.17, 15) is 13.2 Å². The first kappa shape index (κ1) is 17.4. The monoisotopic (exact) mass is 369 g/mol. The number of halogens is 3. The van der Waals surface area contributed by atoms with Gasteiger partial charge in [0, 0.05) is 22.9 Å². The van der Waals surface area contributed by atoms with Crippen LogP contribution in [-0.2, 0) is 15.5 Å². The SMILES string of the molecule is NOOSc1ccc(-n2nc(C(F)(F)F)nc2-c2cccnc2)cc1. The molecular weight excluding hydrogens is 359 g/mol. The molecule has 0 atom stereocenters. The molecule has 11 heteroatoms. The quantitative estimate of drug-likeness (QED) is 0.420. The van der Waals surface area contributed by atoms with E-state index in [0.29, 0.717) is 16.1 Å². The molecule has 2 heterocycles. The number of nitrogens with two attached hydrogens (primary N) is 1. The van der Waals surface area contributed by atoms with Gasteiger partial charge in [0.05, 0.1) is 17.7 Å². The molecule has 0 aliphatic carbocycles. The molecule has 3 rings (SSSR count). The third kappa shape index (κ3) is 3.96. The Morgan fingerprint density at radius 3 is 2.48 bits per heavy atom. The highest BCUT2D eigenvalue weighted by molar-refractivity contribution is 7.94. The van der Waals surface area contributed by atoms with Crippen LogP contribution in [-0.4, -0.2) is 19.7 Å². The number of rotatable bonds is 5. The zero-order valence-corrected chi connectivity index (χ0v) is 13.2. The van der Waals surface area contributed by atoms with Gasteiger partial charge in [0.15, 0.2) is 5.82 Å². The fourth-order valence-electron chi connectivity index (χ4n) is 2.00. The lowest BCUT2D eigenvalue weighted by atomic mass is 10.2. The fraction of sp³-hybridized carbons (Fsp3) is 0.0714. The predicted molar refractivity (Wildman–Crippen MR) is 81.8 cm³/mol. The van der Waals surface area contributed by atoms with Gasteiger partial charge in [-0.05, 0) is 36.4 Å². The number of aromatic nitrogens is 4. The molecule has 25 heavy (non-hydrogen) atoms. The second-order valence-corrected chi connectivity index (χ2v) is 5.43. The summed E-state index contributed by atoms with van der Waals surface area (Å²) in [6, 6.07) is 9.56. The first-order chi connectivity index (χ1) is 12.0. The van der Waals surface area contributed by atoms with Crippen LogP contribution in [0.2, 0.25) is 0 Å². The molecule has 0 unspecified atom stereocenters. The van der Waals surface area contributed by atoms with E-state index in [4.69, 9.17) is 5.90 Å². The van der Waals surface area contributed by atoms with E-state index < -0.39 is 12.0 Å². The molecule has 0 saturated heterocycles. The molecule has 130 valence electrons. The van der Waals surface area contributed by atoms with E-state index in [2.05, 4.69) is 24.4 Å². The van der Waals surface area contributed by atoms with Crippen molar-refractivity contribution in [3.05, 3.63) is 54.6 Å². The van der Waals surface area contributed by atoms with Gasteiger partial charge in [0.25, 0.3) is 5.82 Å². The summed E-state index contributed by atoms with van der Waals surface area (Å²) in [5, 5.41) is 3.59. The van der Waals surface area contributed by atoms with Crippen LogP contribution in [0.4, 0.5) is 13.2 Å². The maximum atomic E-state index is 13.0. The summed E-state index contributed by atoms with van der Waals surface area (Å²) >= 11 is 0.852. The summed E-state index contributed by atoms with van der Waals surface area (Å²) in [6.45, 7) is 0. The molecule has 0 amide bonds. The van der Waals surface area contributed by atoms with Crippen LogP contribution in [0.5, 0.6) is 0 Å². The maximum Gasteiger partial charge on any atom is 0.453 e. The lowest BCUT2D eigenvalue weighted by molar-refractivity contribution is -0.195. The highest BCUT2D eigenvalue weighted by atomic mass is 32.2. The number of alkyl halides is 3. The second kappa shape index (κ2) is 7.19. The van der Waals surface area contributed by atoms with Crippen LogP contribution in [0.1, 0.15) is 5.82 Å². The summed E-state index contributed by atoms with van der Waals surface area (Å²) < 4.78 is 44.7. The first-order valence-corrected chi connectivity index (χ1v) is 7.48. The predicted octanol–water partition coefficient (Wildman–Crippen LogP) is 3.18. The van der Waals surface area contributed by atoms with Crippen molar-refractivity contribution in [3.8, 4) is 17.1 Å². The molecule has 0 saturated carbocycles. The van der Waals surface area contributed by atoms with E-state index in [1.54, 1.807) is 36.4 Å². The smallest absolute Gasteiger partial charge is 0.264 e. The molecular formula is C14H10F3N5O2S. The van der Waals surface area contributed by atoms with E-state index in [-0.39, 0.29) is 5.82 Å². The number of pyridine rings is 1. The minimum atomic E-state index is -4.66. The van der Waals surface area contributed by atoms with Crippen LogP contribution < -0.4 is 5.90 Å². The third-order valence-corrected chi connectivity index (χ3v) is 3.64. The van der Waals surface area contributed by atoms with Crippen molar-refractivity contribution < 1.29 is 22.5 Å². The van der Waals surface area contributed by atoms with E-state index in [1.807, 2.05) is 0 Å². The fourth-order valence-corrected chi connectivity index (χ4v) is 2.36. The van der Waals surface area contributed by atoms with Gasteiger partial charge < -0.3 is 0 Å². The Hall–Kier alpha value is -2.47. The Bertz CT molecular complexity index is 840. The summed E-state index contributed by atoms with van der Waals surface area (Å²) in [4.78, 5) is 12.1. The molecule has 2 N–H and O–H groups in total. The van der Waals surface area contributed by atoms with Gasteiger partial charge in [0.2, 0.25) is 0 Å². The Morgan fingerprint density at radius 1 is 1.12 bits per heavy atom. The highest BCUT2D eigenvalue weighted by Gasteiger charge is 2.37. The first-order valence-electron chi connectivity index (χ1n) is 6.74. The largest absolute Gasteiger partial charge is 0.453 e. The van der Waals surface area contributed by atoms with Crippen molar-refractivity contribution >= 4 is 12.0 Å². The second-order valence-electron chi connectivity index (χ2n) is 4.65. The van der Waals surface area contributed by atoms with Crippen LogP contribution >= 0.6 is 12.0 Å². The summed E-state index contributed by atoms with van der Waals surface area (Å²) in [5.41, 5.74) is 0.795. The lowest BCUT2D eigenvalue weighted by Crippen LogP contribution is -2.08. The van der Waals surface area contributed by atoms with Crippen molar-refractivity contribution in [2.45, 2.75) is 11.1 Å². The van der Waals surface area contributed by atoms with Gasteiger partial charge in [-0.15, -0.1) is 14.4 Å². The standard InChI is InChI=1S/C14H10F3N5O2S/c15-14(16,17)13-20-12(9-2-1-7-19-8-9)22(21-13)10-3-5-11(6-4-10)25-24-23-18/h1-8H,18H2. The lowest BCUT2D eigenvalue weighted by Gasteiger charge is -2.06. The minimum absolute atomic E-state index is 0.0300. The van der Waals surface area contributed by atoms with Crippen molar-refractivity contribution in [1.82, 2.24) is 19.7 Å². The van der Waals surface area contributed by atoms with Crippen molar-refractivity contribution in [2.75, 3.05) is 0 Å². The van der Waals surface area contributed by atoms with Crippen molar-refractivity contribution in [3.63, 3.8) is 0 Å². The molecule has 7 nitrogen and oxygen atoms in total. The third-order valence-electron chi connectivity index (χ3n) is 3.03. The molecule has 1 aromatic carbocycles. The van der Waals surface area contributed by atoms with E-state index in [0.717, 1.165) is 16.7 Å². The molecule has 0 bridgehead atoms. The molecule has 0 radical (unpaired) electrons. The molecule has 0 spiro atoms.